The van der Waals surface area contributed by atoms with Crippen molar-refractivity contribution in [3.63, 3.8) is 0 Å². The van der Waals surface area contributed by atoms with E-state index in [1.165, 1.54) is 6.42 Å². The normalized spacial score (nSPS) is 29.8. The average Bonchev–Trinajstić information content (AvgIpc) is 2.61. The van der Waals surface area contributed by atoms with E-state index >= 15 is 0 Å². The average molecular weight is 364 g/mol. The lowest BCUT2D eigenvalue weighted by molar-refractivity contribution is -0.140. The molecule has 2 atom stereocenters. The Labute approximate surface area is 159 Å². The third-order valence-electron chi connectivity index (χ3n) is 6.61. The molecule has 2 unspecified atom stereocenters. The molecule has 0 bridgehead atoms. The molecule has 3 rings (SSSR count). The van der Waals surface area contributed by atoms with Crippen LogP contribution in [0.4, 0.5) is 0 Å². The molecule has 3 fully saturated rings. The van der Waals surface area contributed by atoms with Gasteiger partial charge in [0.2, 0.25) is 11.8 Å². The van der Waals surface area contributed by atoms with Crippen molar-refractivity contribution in [2.75, 3.05) is 45.8 Å². The van der Waals surface area contributed by atoms with Gasteiger partial charge >= 0.3 is 0 Å². The molecule has 2 amide bonds. The molecule has 0 aromatic carbocycles. The monoisotopic (exact) mass is 363 g/mol. The van der Waals surface area contributed by atoms with Crippen molar-refractivity contribution >= 4 is 11.8 Å². The van der Waals surface area contributed by atoms with Crippen LogP contribution in [-0.4, -0.2) is 72.3 Å². The molecule has 3 saturated heterocycles. The molecule has 5 nitrogen and oxygen atoms in total. The number of hydrogen-bond donors (Lipinski definition) is 0. The van der Waals surface area contributed by atoms with Gasteiger partial charge in [-0.05, 0) is 62.9 Å². The topological polar surface area (TPSA) is 43.9 Å². The van der Waals surface area contributed by atoms with Gasteiger partial charge in [0.15, 0.2) is 0 Å². The number of likely N-dealkylation sites (tertiary alicyclic amines) is 3. The van der Waals surface area contributed by atoms with Crippen LogP contribution in [0.5, 0.6) is 0 Å². The Bertz CT molecular complexity index is 483. The molecule has 0 aliphatic carbocycles. The van der Waals surface area contributed by atoms with Crippen LogP contribution < -0.4 is 0 Å². The van der Waals surface area contributed by atoms with Gasteiger partial charge in [0.05, 0.1) is 6.54 Å². The van der Waals surface area contributed by atoms with Gasteiger partial charge in [0.25, 0.3) is 0 Å². The Morgan fingerprint density at radius 1 is 0.769 bits per heavy atom. The van der Waals surface area contributed by atoms with Crippen molar-refractivity contribution in [2.45, 2.75) is 52.9 Å². The fourth-order valence-electron chi connectivity index (χ4n) is 4.99. The molecule has 0 saturated carbocycles. The van der Waals surface area contributed by atoms with Crippen LogP contribution >= 0.6 is 0 Å². The van der Waals surface area contributed by atoms with Gasteiger partial charge in [0.1, 0.15) is 0 Å². The minimum absolute atomic E-state index is 0.162. The Morgan fingerprint density at radius 3 is 1.92 bits per heavy atom. The third kappa shape index (κ3) is 4.99. The second-order valence-corrected chi connectivity index (χ2v) is 9.30. The summed E-state index contributed by atoms with van der Waals surface area (Å²) in [5.74, 6) is 2.79. The fraction of sp³-hybridized carbons (Fsp3) is 0.905. The summed E-state index contributed by atoms with van der Waals surface area (Å²) in [7, 11) is 0. The second kappa shape index (κ2) is 8.73. The highest BCUT2D eigenvalue weighted by Crippen LogP contribution is 2.26. The third-order valence-corrected chi connectivity index (χ3v) is 6.61. The molecule has 5 heteroatoms. The highest BCUT2D eigenvalue weighted by atomic mass is 16.2. The SMILES string of the molecule is CC1CCN(C(=O)CN2CCC(C(=O)N3CC(C)CC(C)C3)CC2)CC1. The van der Waals surface area contributed by atoms with E-state index in [1.54, 1.807) is 0 Å². The number of piperidine rings is 3. The van der Waals surface area contributed by atoms with Crippen molar-refractivity contribution in [3.8, 4) is 0 Å². The van der Waals surface area contributed by atoms with Gasteiger partial charge < -0.3 is 9.80 Å². The zero-order chi connectivity index (χ0) is 18.7. The van der Waals surface area contributed by atoms with Crippen molar-refractivity contribution < 1.29 is 9.59 Å². The molecule has 0 spiro atoms. The van der Waals surface area contributed by atoms with Gasteiger partial charge in [-0.25, -0.2) is 0 Å². The van der Waals surface area contributed by atoms with E-state index in [4.69, 9.17) is 0 Å². The van der Waals surface area contributed by atoms with Crippen molar-refractivity contribution in [2.24, 2.45) is 23.7 Å². The van der Waals surface area contributed by atoms with E-state index in [9.17, 15) is 9.59 Å². The second-order valence-electron chi connectivity index (χ2n) is 9.30. The van der Waals surface area contributed by atoms with Crippen LogP contribution in [0.15, 0.2) is 0 Å². The zero-order valence-electron chi connectivity index (χ0n) is 17.0. The van der Waals surface area contributed by atoms with Gasteiger partial charge in [-0.1, -0.05) is 20.8 Å². The molecule has 0 radical (unpaired) electrons. The number of rotatable bonds is 3. The first-order chi connectivity index (χ1) is 12.4. The smallest absolute Gasteiger partial charge is 0.236 e. The minimum atomic E-state index is 0.162. The standard InChI is InChI=1S/C21H37N3O2/c1-16-4-10-23(11-5-16)20(25)15-22-8-6-19(7-9-22)21(26)24-13-17(2)12-18(3)14-24/h16-19H,4-15H2,1-3H3. The molecule has 0 aromatic rings. The lowest BCUT2D eigenvalue weighted by Crippen LogP contribution is -2.49. The first kappa shape index (κ1) is 19.7. The van der Waals surface area contributed by atoms with E-state index in [1.807, 2.05) is 4.90 Å². The maximum Gasteiger partial charge on any atom is 0.236 e. The number of hydrogen-bond acceptors (Lipinski definition) is 3. The molecule has 0 N–H and O–H groups in total. The first-order valence-electron chi connectivity index (χ1n) is 10.7. The van der Waals surface area contributed by atoms with E-state index in [0.29, 0.717) is 24.3 Å². The van der Waals surface area contributed by atoms with E-state index in [-0.39, 0.29) is 11.8 Å². The highest BCUT2D eigenvalue weighted by Gasteiger charge is 2.33. The number of amides is 2. The summed E-state index contributed by atoms with van der Waals surface area (Å²) in [5.41, 5.74) is 0. The summed E-state index contributed by atoms with van der Waals surface area (Å²) in [6, 6.07) is 0. The highest BCUT2D eigenvalue weighted by molar-refractivity contribution is 5.80. The molecular weight excluding hydrogens is 326 g/mol. The van der Waals surface area contributed by atoms with Gasteiger partial charge in [-0.15, -0.1) is 0 Å². The largest absolute Gasteiger partial charge is 0.342 e. The molecule has 26 heavy (non-hydrogen) atoms. The molecular formula is C21H37N3O2. The lowest BCUT2D eigenvalue weighted by Gasteiger charge is -2.39. The summed E-state index contributed by atoms with van der Waals surface area (Å²) in [6.45, 7) is 12.8. The van der Waals surface area contributed by atoms with Crippen LogP contribution in [0.25, 0.3) is 0 Å². The lowest BCUT2D eigenvalue weighted by atomic mass is 9.89. The van der Waals surface area contributed by atoms with Crippen LogP contribution in [0.3, 0.4) is 0 Å². The molecule has 0 aromatic heterocycles. The summed E-state index contributed by atoms with van der Waals surface area (Å²) in [6.07, 6.45) is 5.31. The van der Waals surface area contributed by atoms with E-state index in [2.05, 4.69) is 30.6 Å². The zero-order valence-corrected chi connectivity index (χ0v) is 17.0. The van der Waals surface area contributed by atoms with Gasteiger partial charge in [0, 0.05) is 32.1 Å². The summed E-state index contributed by atoms with van der Waals surface area (Å²) >= 11 is 0. The molecule has 148 valence electrons. The number of carbonyl (C=O) groups is 2. The Balaban J connectivity index is 1.42. The Hall–Kier alpha value is -1.10. The summed E-state index contributed by atoms with van der Waals surface area (Å²) in [4.78, 5) is 31.8. The van der Waals surface area contributed by atoms with Crippen molar-refractivity contribution in [1.29, 1.82) is 0 Å². The van der Waals surface area contributed by atoms with Gasteiger partial charge in [-0.2, -0.15) is 0 Å². The Morgan fingerprint density at radius 2 is 1.35 bits per heavy atom. The van der Waals surface area contributed by atoms with E-state index in [0.717, 1.165) is 70.9 Å². The predicted molar refractivity (Wildman–Crippen MR) is 104 cm³/mol. The van der Waals surface area contributed by atoms with E-state index < -0.39 is 0 Å². The molecule has 3 aliphatic rings. The minimum Gasteiger partial charge on any atom is -0.342 e. The number of nitrogens with zero attached hydrogens (tertiary/aromatic N) is 3. The maximum atomic E-state index is 12.9. The molecule has 3 heterocycles. The predicted octanol–water partition coefficient (Wildman–Crippen LogP) is 2.46. The van der Waals surface area contributed by atoms with Gasteiger partial charge in [-0.3, -0.25) is 14.5 Å². The van der Waals surface area contributed by atoms with Crippen LogP contribution in [0.2, 0.25) is 0 Å². The van der Waals surface area contributed by atoms with Crippen LogP contribution in [0, 0.1) is 23.7 Å². The van der Waals surface area contributed by atoms with Crippen LogP contribution in [-0.2, 0) is 9.59 Å². The van der Waals surface area contributed by atoms with Crippen LogP contribution in [0.1, 0.15) is 52.9 Å². The summed E-state index contributed by atoms with van der Waals surface area (Å²) < 4.78 is 0. The Kier molecular flexibility index (Phi) is 6.60. The summed E-state index contributed by atoms with van der Waals surface area (Å²) in [5, 5.41) is 0. The molecule has 3 aliphatic heterocycles. The van der Waals surface area contributed by atoms with Crippen molar-refractivity contribution in [3.05, 3.63) is 0 Å². The number of carbonyl (C=O) groups excluding carboxylic acids is 2. The maximum absolute atomic E-state index is 12.9. The fourth-order valence-corrected chi connectivity index (χ4v) is 4.99. The first-order valence-corrected chi connectivity index (χ1v) is 10.7. The quantitative estimate of drug-likeness (QED) is 0.774. The van der Waals surface area contributed by atoms with Crippen molar-refractivity contribution in [1.82, 2.24) is 14.7 Å².